The molecule has 0 saturated heterocycles. The van der Waals surface area contributed by atoms with E-state index in [1.807, 2.05) is 30.3 Å². The van der Waals surface area contributed by atoms with Gasteiger partial charge < -0.3 is 14.3 Å². The van der Waals surface area contributed by atoms with Crippen LogP contribution in [0.4, 0.5) is 0 Å². The van der Waals surface area contributed by atoms with Crippen molar-refractivity contribution in [2.75, 3.05) is 0 Å². The Morgan fingerprint density at radius 1 is 0.482 bits per heavy atom. The molecule has 262 valence electrons. The number of fused-ring (bicyclic) bond motifs is 10. The van der Waals surface area contributed by atoms with Crippen LogP contribution in [0.25, 0.3) is 81.7 Å². The van der Waals surface area contributed by atoms with E-state index in [0.29, 0.717) is 11.7 Å². The van der Waals surface area contributed by atoms with Gasteiger partial charge in [-0.25, -0.2) is 9.98 Å². The van der Waals surface area contributed by atoms with Crippen LogP contribution >= 0.6 is 0 Å². The maximum absolute atomic E-state index is 6.78. The highest BCUT2D eigenvalue weighted by molar-refractivity contribution is 6.21. The Bertz CT molecular complexity index is 3460. The fraction of sp³-hybridized carbons (Fsp3) is 0.0196. The number of aliphatic imine (C=N–C) groups is 2. The van der Waals surface area contributed by atoms with Crippen molar-refractivity contribution in [3.63, 3.8) is 0 Å². The molecule has 1 atom stereocenters. The summed E-state index contributed by atoms with van der Waals surface area (Å²) in [4.78, 5) is 10.7. The van der Waals surface area contributed by atoms with Crippen molar-refractivity contribution in [2.24, 2.45) is 9.98 Å². The van der Waals surface area contributed by atoms with Crippen LogP contribution < -0.4 is 5.32 Å². The quantitative estimate of drug-likeness (QED) is 0.184. The second-order valence-electron chi connectivity index (χ2n) is 14.6. The Morgan fingerprint density at radius 3 is 1.98 bits per heavy atom. The van der Waals surface area contributed by atoms with E-state index in [9.17, 15) is 0 Å². The number of hydrogen-bond acceptors (Lipinski definition) is 4. The molecule has 0 radical (unpaired) electrons. The number of aromatic nitrogens is 1. The average Bonchev–Trinajstić information content (AvgIpc) is 3.80. The standard InChI is InChI=1S/C51H32N4O/c1-2-14-31(15-3-1)49-52-50(43-27-34-18-6-7-19-36(34)37-20-8-9-21-38(37)43)54-51(53-49)44-30-35(29-42-40-23-11-13-25-47(40)56-48(42)44)55-45-24-12-10-22-39(45)41-26-32-16-4-5-17-33(32)28-46(41)55/h1-30,50H,(H,52,53,54). The molecule has 0 aliphatic carbocycles. The highest BCUT2D eigenvalue weighted by atomic mass is 16.3. The summed E-state index contributed by atoms with van der Waals surface area (Å²) >= 11 is 0. The third kappa shape index (κ3) is 4.67. The van der Waals surface area contributed by atoms with Gasteiger partial charge in [0.15, 0.2) is 5.84 Å². The molecule has 0 fully saturated rings. The lowest BCUT2D eigenvalue weighted by Gasteiger charge is -2.25. The number of furan rings is 1. The fourth-order valence-corrected chi connectivity index (χ4v) is 8.82. The van der Waals surface area contributed by atoms with Crippen LogP contribution in [0.2, 0.25) is 0 Å². The molecule has 1 aliphatic heterocycles. The van der Waals surface area contributed by atoms with E-state index in [2.05, 4.69) is 162 Å². The summed E-state index contributed by atoms with van der Waals surface area (Å²) < 4.78 is 9.18. The number of rotatable bonds is 4. The van der Waals surface area contributed by atoms with Crippen LogP contribution in [0.1, 0.15) is 22.9 Å². The molecule has 1 unspecified atom stereocenters. The lowest BCUT2D eigenvalue weighted by Crippen LogP contribution is -2.34. The zero-order valence-electron chi connectivity index (χ0n) is 30.1. The molecule has 0 amide bonds. The first-order valence-corrected chi connectivity index (χ1v) is 19.0. The van der Waals surface area contributed by atoms with Gasteiger partial charge in [-0.3, -0.25) is 0 Å². The van der Waals surface area contributed by atoms with Gasteiger partial charge in [0.05, 0.1) is 16.6 Å². The van der Waals surface area contributed by atoms with Gasteiger partial charge in [-0.2, -0.15) is 0 Å². The molecule has 1 aliphatic rings. The minimum Gasteiger partial charge on any atom is -0.455 e. The van der Waals surface area contributed by atoms with E-state index in [0.717, 1.165) is 60.7 Å². The number of nitrogens with zero attached hydrogens (tertiary/aromatic N) is 3. The third-order valence-corrected chi connectivity index (χ3v) is 11.4. The molecular formula is C51H32N4O. The lowest BCUT2D eigenvalue weighted by atomic mass is 9.95. The second-order valence-corrected chi connectivity index (χ2v) is 14.6. The van der Waals surface area contributed by atoms with Crippen molar-refractivity contribution < 1.29 is 4.42 Å². The van der Waals surface area contributed by atoms with Crippen LogP contribution in [0.3, 0.4) is 0 Å². The molecule has 5 nitrogen and oxygen atoms in total. The summed E-state index contributed by atoms with van der Waals surface area (Å²) in [6, 6.07) is 64.5. The molecule has 0 spiro atoms. The Hall–Kier alpha value is -7.50. The second kappa shape index (κ2) is 12.0. The average molecular weight is 717 g/mol. The minimum absolute atomic E-state index is 0.421. The molecular weight excluding hydrogens is 685 g/mol. The van der Waals surface area contributed by atoms with Crippen LogP contribution in [0.5, 0.6) is 0 Å². The van der Waals surface area contributed by atoms with E-state index in [1.165, 1.54) is 37.7 Å². The van der Waals surface area contributed by atoms with Crippen LogP contribution in [0, 0.1) is 0 Å². The topological polar surface area (TPSA) is 54.8 Å². The van der Waals surface area contributed by atoms with E-state index in [4.69, 9.17) is 14.4 Å². The summed E-state index contributed by atoms with van der Waals surface area (Å²) in [5, 5.41) is 15.5. The van der Waals surface area contributed by atoms with Gasteiger partial charge >= 0.3 is 0 Å². The summed E-state index contributed by atoms with van der Waals surface area (Å²) in [6.45, 7) is 0. The van der Waals surface area contributed by atoms with Gasteiger partial charge in [0.2, 0.25) is 0 Å². The van der Waals surface area contributed by atoms with E-state index >= 15 is 0 Å². The minimum atomic E-state index is -0.421. The van der Waals surface area contributed by atoms with Gasteiger partial charge in [0.25, 0.3) is 0 Å². The Morgan fingerprint density at radius 2 is 1.14 bits per heavy atom. The SMILES string of the molecule is c1ccc(C2=NC(c3cc4ccccc4c4ccccc34)NC(c3cc(-n4c5ccccc5c5cc6ccccc6cc54)cc4c3oc3ccccc34)=N2)cc1. The molecule has 3 heterocycles. The first-order chi connectivity index (χ1) is 27.7. The van der Waals surface area contributed by atoms with Crippen molar-refractivity contribution in [2.45, 2.75) is 6.17 Å². The fourth-order valence-electron chi connectivity index (χ4n) is 8.82. The molecule has 5 heteroatoms. The number of hydrogen-bond donors (Lipinski definition) is 1. The van der Waals surface area contributed by atoms with Gasteiger partial charge in [-0.1, -0.05) is 140 Å². The summed E-state index contributed by atoms with van der Waals surface area (Å²) in [7, 11) is 0. The maximum Gasteiger partial charge on any atom is 0.159 e. The summed E-state index contributed by atoms with van der Waals surface area (Å²) in [6.07, 6.45) is -0.421. The Kier molecular flexibility index (Phi) is 6.63. The predicted octanol–water partition coefficient (Wildman–Crippen LogP) is 12.6. The number of amidine groups is 2. The van der Waals surface area contributed by atoms with Crippen LogP contribution in [0.15, 0.2) is 196 Å². The molecule has 0 saturated carbocycles. The Labute approximate surface area is 321 Å². The molecule has 1 N–H and O–H groups in total. The maximum atomic E-state index is 6.78. The third-order valence-electron chi connectivity index (χ3n) is 11.4. The van der Waals surface area contributed by atoms with Crippen LogP contribution in [-0.2, 0) is 0 Å². The number of benzene rings is 9. The molecule has 9 aromatic carbocycles. The van der Waals surface area contributed by atoms with E-state index in [-0.39, 0.29) is 0 Å². The number of nitrogens with one attached hydrogen (secondary N) is 1. The smallest absolute Gasteiger partial charge is 0.159 e. The van der Waals surface area contributed by atoms with Crippen molar-refractivity contribution in [3.8, 4) is 5.69 Å². The first-order valence-electron chi connectivity index (χ1n) is 19.0. The number of para-hydroxylation sites is 2. The predicted molar refractivity (Wildman–Crippen MR) is 232 cm³/mol. The monoisotopic (exact) mass is 716 g/mol. The Balaban J connectivity index is 1.14. The molecule has 56 heavy (non-hydrogen) atoms. The van der Waals surface area contributed by atoms with Gasteiger partial charge in [0, 0.05) is 38.4 Å². The summed E-state index contributed by atoms with van der Waals surface area (Å²) in [5.41, 5.74) is 7.85. The zero-order valence-corrected chi connectivity index (χ0v) is 30.1. The van der Waals surface area contributed by atoms with E-state index < -0.39 is 6.17 Å². The van der Waals surface area contributed by atoms with Gasteiger partial charge in [-0.05, 0) is 74.8 Å². The van der Waals surface area contributed by atoms with Crippen molar-refractivity contribution in [1.29, 1.82) is 0 Å². The van der Waals surface area contributed by atoms with Gasteiger partial charge in [-0.15, -0.1) is 0 Å². The van der Waals surface area contributed by atoms with Crippen molar-refractivity contribution in [3.05, 3.63) is 199 Å². The van der Waals surface area contributed by atoms with Crippen molar-refractivity contribution >= 4 is 87.7 Å². The molecule has 11 aromatic rings. The first kappa shape index (κ1) is 30.9. The van der Waals surface area contributed by atoms with Gasteiger partial charge in [0.1, 0.15) is 23.2 Å². The molecule has 0 bridgehead atoms. The lowest BCUT2D eigenvalue weighted by molar-refractivity contribution is 0.661. The highest BCUT2D eigenvalue weighted by Gasteiger charge is 2.27. The van der Waals surface area contributed by atoms with Crippen LogP contribution in [-0.4, -0.2) is 16.2 Å². The normalized spacial score (nSPS) is 14.6. The van der Waals surface area contributed by atoms with E-state index in [1.54, 1.807) is 0 Å². The molecule has 12 rings (SSSR count). The zero-order chi connectivity index (χ0) is 36.7. The summed E-state index contributed by atoms with van der Waals surface area (Å²) in [5.74, 6) is 1.37. The van der Waals surface area contributed by atoms with Crippen molar-refractivity contribution in [1.82, 2.24) is 9.88 Å². The molecule has 2 aromatic heterocycles. The largest absolute Gasteiger partial charge is 0.455 e. The highest BCUT2D eigenvalue weighted by Crippen LogP contribution is 2.40.